The molecule has 0 bridgehead atoms. The van der Waals surface area contributed by atoms with Crippen LogP contribution < -0.4 is 10.6 Å². The van der Waals surface area contributed by atoms with E-state index in [1.165, 1.54) is 13.3 Å². The van der Waals surface area contributed by atoms with Crippen molar-refractivity contribution in [2.45, 2.75) is 54.0 Å². The Morgan fingerprint density at radius 1 is 1.26 bits per heavy atom. The van der Waals surface area contributed by atoms with Crippen LogP contribution in [0.25, 0.3) is 10.9 Å². The Hall–Kier alpha value is -2.38. The fourth-order valence-electron chi connectivity index (χ4n) is 2.90. The van der Waals surface area contributed by atoms with Crippen LogP contribution in [0.3, 0.4) is 0 Å². The van der Waals surface area contributed by atoms with E-state index in [0.29, 0.717) is 29.1 Å². The van der Waals surface area contributed by atoms with Gasteiger partial charge in [-0.05, 0) is 26.0 Å². The predicted octanol–water partition coefficient (Wildman–Crippen LogP) is 4.26. The molecule has 1 aromatic carbocycles. The molecule has 0 spiro atoms. The standard InChI is InChI=1S/C16H18ClN3O2.C3H8.C2H5NO.C2H6/c1-9-7-18-3-4-20(9)16(22)12-5-11-13(10(2)21)8-19-15(11)6-14(12)17;1-3-2;1-3-2-4;1-2/h5-6,8-9,18-19H,3-4,7H2,1-2H3;3H2,1-2H3;2H,1H3,(H,3,4);1-2H3. The van der Waals surface area contributed by atoms with Crippen molar-refractivity contribution in [3.63, 3.8) is 0 Å². The number of nitrogens with zero attached hydrogens (tertiary/aromatic N) is 1. The molecule has 3 rings (SSSR count). The first kappa shape index (κ1) is 28.6. The van der Waals surface area contributed by atoms with Gasteiger partial charge in [-0.2, -0.15) is 0 Å². The molecule has 0 aliphatic carbocycles. The number of fused-ring (bicyclic) bond motifs is 1. The van der Waals surface area contributed by atoms with Crippen LogP contribution in [0.4, 0.5) is 0 Å². The minimum absolute atomic E-state index is 0.0393. The van der Waals surface area contributed by atoms with Crippen LogP contribution in [-0.4, -0.2) is 60.7 Å². The Kier molecular flexibility index (Phi) is 14.2. The van der Waals surface area contributed by atoms with Crippen molar-refractivity contribution in [2.75, 3.05) is 26.7 Å². The third-order valence-corrected chi connectivity index (χ3v) is 4.57. The summed E-state index contributed by atoms with van der Waals surface area (Å²) in [6.45, 7) is 14.0. The smallest absolute Gasteiger partial charge is 0.255 e. The van der Waals surface area contributed by atoms with Crippen LogP contribution in [0.5, 0.6) is 0 Å². The maximum Gasteiger partial charge on any atom is 0.255 e. The number of aromatic nitrogens is 1. The van der Waals surface area contributed by atoms with Gasteiger partial charge in [0.15, 0.2) is 5.78 Å². The van der Waals surface area contributed by atoms with E-state index < -0.39 is 0 Å². The van der Waals surface area contributed by atoms with Gasteiger partial charge >= 0.3 is 0 Å². The van der Waals surface area contributed by atoms with E-state index in [4.69, 9.17) is 16.4 Å². The van der Waals surface area contributed by atoms with Crippen molar-refractivity contribution in [3.05, 3.63) is 34.5 Å². The molecular formula is C23H37ClN4O3. The Balaban J connectivity index is 0.000000865. The van der Waals surface area contributed by atoms with Gasteiger partial charge in [-0.25, -0.2) is 0 Å². The second kappa shape index (κ2) is 15.4. The number of halogens is 1. The number of piperazine rings is 1. The highest BCUT2D eigenvalue weighted by Gasteiger charge is 2.26. The third kappa shape index (κ3) is 8.34. The average molecular weight is 453 g/mol. The van der Waals surface area contributed by atoms with Gasteiger partial charge in [0.2, 0.25) is 6.41 Å². The van der Waals surface area contributed by atoms with Crippen LogP contribution in [-0.2, 0) is 4.79 Å². The average Bonchev–Trinajstić information content (AvgIpc) is 3.18. The topological polar surface area (TPSA) is 94.3 Å². The van der Waals surface area contributed by atoms with Gasteiger partial charge in [0.05, 0.1) is 10.6 Å². The van der Waals surface area contributed by atoms with Crippen molar-refractivity contribution >= 4 is 40.6 Å². The molecule has 174 valence electrons. The lowest BCUT2D eigenvalue weighted by molar-refractivity contribution is -0.109. The zero-order chi connectivity index (χ0) is 24.0. The summed E-state index contributed by atoms with van der Waals surface area (Å²) in [4.78, 5) is 38.4. The number of ketones is 1. The van der Waals surface area contributed by atoms with E-state index in [-0.39, 0.29) is 17.7 Å². The summed E-state index contributed by atoms with van der Waals surface area (Å²) in [7, 11) is 1.56. The Morgan fingerprint density at radius 2 is 1.84 bits per heavy atom. The molecule has 3 N–H and O–H groups in total. The molecule has 1 aromatic heterocycles. The summed E-state index contributed by atoms with van der Waals surface area (Å²) in [6, 6.07) is 3.55. The number of rotatable bonds is 3. The zero-order valence-corrected chi connectivity index (χ0v) is 20.5. The highest BCUT2D eigenvalue weighted by molar-refractivity contribution is 6.35. The van der Waals surface area contributed by atoms with Crippen molar-refractivity contribution in [1.82, 2.24) is 20.5 Å². The van der Waals surface area contributed by atoms with Gasteiger partial charge < -0.3 is 20.5 Å². The van der Waals surface area contributed by atoms with Gasteiger partial charge in [-0.1, -0.05) is 45.7 Å². The lowest BCUT2D eigenvalue weighted by Crippen LogP contribution is -2.52. The number of nitrogens with one attached hydrogen (secondary N) is 3. The molecule has 8 heteroatoms. The number of hydrogen-bond donors (Lipinski definition) is 3. The molecule has 2 aromatic rings. The maximum atomic E-state index is 12.8. The number of H-pyrrole nitrogens is 1. The predicted molar refractivity (Wildman–Crippen MR) is 129 cm³/mol. The summed E-state index contributed by atoms with van der Waals surface area (Å²) < 4.78 is 0. The molecule has 1 atom stereocenters. The monoisotopic (exact) mass is 452 g/mol. The van der Waals surface area contributed by atoms with Gasteiger partial charge in [-0.3, -0.25) is 14.4 Å². The summed E-state index contributed by atoms with van der Waals surface area (Å²) in [5.74, 6) is -0.126. The molecule has 7 nitrogen and oxygen atoms in total. The van der Waals surface area contributed by atoms with Crippen molar-refractivity contribution in [2.24, 2.45) is 0 Å². The summed E-state index contributed by atoms with van der Waals surface area (Å²) in [5.41, 5.74) is 1.79. The molecule has 2 amide bonds. The van der Waals surface area contributed by atoms with E-state index in [1.54, 1.807) is 25.4 Å². The fraction of sp³-hybridized carbons (Fsp3) is 0.522. The van der Waals surface area contributed by atoms with Crippen LogP contribution >= 0.6 is 11.6 Å². The number of Topliss-reactive ketones (excluding diaryl/α,β-unsaturated/α-hetero) is 1. The minimum Gasteiger partial charge on any atom is -0.362 e. The molecule has 1 saturated heterocycles. The van der Waals surface area contributed by atoms with Gasteiger partial charge in [0.25, 0.3) is 5.91 Å². The Labute approximate surface area is 190 Å². The molecule has 0 radical (unpaired) electrons. The van der Waals surface area contributed by atoms with E-state index in [9.17, 15) is 9.59 Å². The van der Waals surface area contributed by atoms with E-state index in [2.05, 4.69) is 29.5 Å². The number of carbonyl (C=O) groups is 3. The van der Waals surface area contributed by atoms with Crippen molar-refractivity contribution < 1.29 is 14.4 Å². The third-order valence-electron chi connectivity index (χ3n) is 4.26. The zero-order valence-electron chi connectivity index (χ0n) is 19.8. The van der Waals surface area contributed by atoms with Crippen LogP contribution in [0.2, 0.25) is 5.02 Å². The Morgan fingerprint density at radius 3 is 2.32 bits per heavy atom. The fourth-order valence-corrected chi connectivity index (χ4v) is 3.14. The highest BCUT2D eigenvalue weighted by atomic mass is 35.5. The SMILES string of the molecule is CC.CC(=O)c1c[nH]c2cc(Cl)c(C(=O)N3CCNCC3C)cc12.CCC.CNC=O. The molecule has 2 heterocycles. The first-order valence-corrected chi connectivity index (χ1v) is 11.1. The van der Waals surface area contributed by atoms with E-state index in [0.717, 1.165) is 24.0 Å². The number of hydrogen-bond acceptors (Lipinski definition) is 4. The maximum absolute atomic E-state index is 12.8. The number of amides is 2. The lowest BCUT2D eigenvalue weighted by atomic mass is 10.1. The first-order chi connectivity index (χ1) is 14.8. The van der Waals surface area contributed by atoms with Crippen LogP contribution in [0, 0.1) is 0 Å². The second-order valence-corrected chi connectivity index (χ2v) is 7.21. The van der Waals surface area contributed by atoms with Gasteiger partial charge in [0.1, 0.15) is 0 Å². The molecule has 1 aliphatic rings. The lowest BCUT2D eigenvalue weighted by Gasteiger charge is -2.34. The minimum atomic E-state index is -0.0865. The number of carbonyl (C=O) groups excluding carboxylic acids is 3. The number of benzene rings is 1. The van der Waals surface area contributed by atoms with Gasteiger partial charge in [-0.15, -0.1) is 0 Å². The summed E-state index contributed by atoms with van der Waals surface area (Å²) in [6.07, 6.45) is 3.53. The van der Waals surface area contributed by atoms with E-state index in [1.807, 2.05) is 25.7 Å². The molecule has 1 aliphatic heterocycles. The number of aromatic amines is 1. The van der Waals surface area contributed by atoms with E-state index >= 15 is 0 Å². The van der Waals surface area contributed by atoms with Crippen molar-refractivity contribution in [1.29, 1.82) is 0 Å². The van der Waals surface area contributed by atoms with Crippen LogP contribution in [0.15, 0.2) is 18.3 Å². The summed E-state index contributed by atoms with van der Waals surface area (Å²) >= 11 is 6.29. The summed E-state index contributed by atoms with van der Waals surface area (Å²) in [5, 5.41) is 6.65. The quantitative estimate of drug-likeness (QED) is 0.479. The first-order valence-electron chi connectivity index (χ1n) is 10.8. The largest absolute Gasteiger partial charge is 0.362 e. The highest BCUT2D eigenvalue weighted by Crippen LogP contribution is 2.28. The van der Waals surface area contributed by atoms with Crippen LogP contribution in [0.1, 0.15) is 68.7 Å². The molecular weight excluding hydrogens is 416 g/mol. The normalized spacial score (nSPS) is 14.7. The molecule has 0 saturated carbocycles. The molecule has 1 fully saturated rings. The van der Waals surface area contributed by atoms with Gasteiger partial charge in [0, 0.05) is 55.4 Å². The van der Waals surface area contributed by atoms with Crippen molar-refractivity contribution in [3.8, 4) is 0 Å². The molecule has 1 unspecified atom stereocenters. The molecule has 31 heavy (non-hydrogen) atoms. The second-order valence-electron chi connectivity index (χ2n) is 6.80. The Bertz CT molecular complexity index is 836.